The third-order valence-corrected chi connectivity index (χ3v) is 3.51. The number of nitrogens with zero attached hydrogens (tertiary/aromatic N) is 3. The number of hydrogen-bond acceptors (Lipinski definition) is 6. The number of aromatic nitrogens is 2. The van der Waals surface area contributed by atoms with Crippen molar-refractivity contribution in [2.75, 3.05) is 6.54 Å². The summed E-state index contributed by atoms with van der Waals surface area (Å²) in [6.07, 6.45) is 1.01. The molecule has 6 nitrogen and oxygen atoms in total. The Bertz CT molecular complexity index is 617. The molecule has 0 amide bonds. The third-order valence-electron chi connectivity index (χ3n) is 2.56. The summed E-state index contributed by atoms with van der Waals surface area (Å²) in [6, 6.07) is 3.43. The van der Waals surface area contributed by atoms with Gasteiger partial charge in [-0.2, -0.15) is 0 Å². The first-order valence-electron chi connectivity index (χ1n) is 6.09. The molecule has 8 heteroatoms. The molecule has 1 heterocycles. The third kappa shape index (κ3) is 3.34. The van der Waals surface area contributed by atoms with E-state index in [2.05, 4.69) is 22.4 Å². The lowest BCUT2D eigenvalue weighted by molar-refractivity contribution is -0.384. The van der Waals surface area contributed by atoms with Gasteiger partial charge in [0.15, 0.2) is 5.01 Å². The van der Waals surface area contributed by atoms with E-state index in [1.54, 1.807) is 0 Å². The molecule has 1 N–H and O–H groups in total. The Balaban J connectivity index is 2.25. The molecule has 1 aromatic heterocycles. The van der Waals surface area contributed by atoms with Crippen molar-refractivity contribution in [3.05, 3.63) is 39.1 Å². The van der Waals surface area contributed by atoms with Crippen LogP contribution in [0.15, 0.2) is 18.2 Å². The maximum Gasteiger partial charge on any atom is 0.282 e. The van der Waals surface area contributed by atoms with Gasteiger partial charge in [0.1, 0.15) is 10.8 Å². The molecule has 0 aliphatic heterocycles. The summed E-state index contributed by atoms with van der Waals surface area (Å²) < 4.78 is 13.1. The van der Waals surface area contributed by atoms with Gasteiger partial charge in [-0.3, -0.25) is 10.1 Å². The zero-order chi connectivity index (χ0) is 14.5. The topological polar surface area (TPSA) is 81.0 Å². The van der Waals surface area contributed by atoms with Gasteiger partial charge in [0.25, 0.3) is 5.69 Å². The SMILES string of the molecule is CCCNCc1nnc(-c2ccc(F)cc2[N+](=O)[O-])s1. The van der Waals surface area contributed by atoms with Gasteiger partial charge in [0.2, 0.25) is 0 Å². The summed E-state index contributed by atoms with van der Waals surface area (Å²) >= 11 is 1.26. The largest absolute Gasteiger partial charge is 0.310 e. The Kier molecular flexibility index (Phi) is 4.70. The van der Waals surface area contributed by atoms with Crippen molar-refractivity contribution in [1.29, 1.82) is 0 Å². The first kappa shape index (κ1) is 14.5. The van der Waals surface area contributed by atoms with Crippen LogP contribution in [0, 0.1) is 15.9 Å². The number of rotatable bonds is 6. The van der Waals surface area contributed by atoms with Gasteiger partial charge in [0.05, 0.1) is 16.6 Å². The van der Waals surface area contributed by atoms with Crippen molar-refractivity contribution in [2.45, 2.75) is 19.9 Å². The smallest absolute Gasteiger partial charge is 0.282 e. The predicted molar refractivity (Wildman–Crippen MR) is 74.0 cm³/mol. The fourth-order valence-corrected chi connectivity index (χ4v) is 2.49. The fraction of sp³-hybridized carbons (Fsp3) is 0.333. The quantitative estimate of drug-likeness (QED) is 0.503. The molecule has 106 valence electrons. The number of benzene rings is 1. The van der Waals surface area contributed by atoms with Crippen molar-refractivity contribution in [1.82, 2.24) is 15.5 Å². The first-order chi connectivity index (χ1) is 9.61. The van der Waals surface area contributed by atoms with Crippen molar-refractivity contribution in [2.24, 2.45) is 0 Å². The van der Waals surface area contributed by atoms with E-state index in [0.29, 0.717) is 11.6 Å². The monoisotopic (exact) mass is 296 g/mol. The van der Waals surface area contributed by atoms with Crippen molar-refractivity contribution >= 4 is 17.0 Å². The summed E-state index contributed by atoms with van der Waals surface area (Å²) in [7, 11) is 0. The van der Waals surface area contributed by atoms with Crippen molar-refractivity contribution in [3.8, 4) is 10.6 Å². The lowest BCUT2D eigenvalue weighted by atomic mass is 10.2. The molecular weight excluding hydrogens is 283 g/mol. The summed E-state index contributed by atoms with van der Waals surface area (Å²) in [5.41, 5.74) is -0.00939. The molecule has 0 aliphatic rings. The molecule has 0 spiro atoms. The number of hydrogen-bond donors (Lipinski definition) is 1. The normalized spacial score (nSPS) is 10.7. The molecule has 0 saturated heterocycles. The van der Waals surface area contributed by atoms with Gasteiger partial charge in [0, 0.05) is 6.54 Å². The molecule has 0 saturated carbocycles. The number of nitro groups is 1. The van der Waals surface area contributed by atoms with E-state index in [0.717, 1.165) is 24.0 Å². The van der Waals surface area contributed by atoms with Crippen molar-refractivity contribution in [3.63, 3.8) is 0 Å². The number of halogens is 1. The second-order valence-corrected chi connectivity index (χ2v) is 5.16. The Morgan fingerprint density at radius 3 is 2.95 bits per heavy atom. The van der Waals surface area contributed by atoms with Gasteiger partial charge in [-0.1, -0.05) is 18.3 Å². The maximum absolute atomic E-state index is 13.1. The van der Waals surface area contributed by atoms with Gasteiger partial charge in [-0.15, -0.1) is 10.2 Å². The van der Waals surface area contributed by atoms with E-state index in [-0.39, 0.29) is 11.3 Å². The van der Waals surface area contributed by atoms with Crippen LogP contribution < -0.4 is 5.32 Å². The van der Waals surface area contributed by atoms with E-state index in [9.17, 15) is 14.5 Å². The van der Waals surface area contributed by atoms with Gasteiger partial charge in [-0.25, -0.2) is 4.39 Å². The Morgan fingerprint density at radius 1 is 1.45 bits per heavy atom. The van der Waals surface area contributed by atoms with Crippen molar-refractivity contribution < 1.29 is 9.31 Å². The highest BCUT2D eigenvalue weighted by atomic mass is 32.1. The molecular formula is C12H13FN4O2S. The van der Waals surface area contributed by atoms with Crippen LogP contribution in [0.1, 0.15) is 18.4 Å². The summed E-state index contributed by atoms with van der Waals surface area (Å²) in [6.45, 7) is 3.49. The molecule has 0 fully saturated rings. The minimum absolute atomic E-state index is 0.288. The molecule has 0 aliphatic carbocycles. The van der Waals surface area contributed by atoms with Crippen LogP contribution in [0.4, 0.5) is 10.1 Å². The van der Waals surface area contributed by atoms with Gasteiger partial charge < -0.3 is 5.32 Å². The zero-order valence-corrected chi connectivity index (χ0v) is 11.6. The molecule has 0 atom stereocenters. The van der Waals surface area contributed by atoms with Crippen LogP contribution >= 0.6 is 11.3 Å². The standard InChI is InChI=1S/C12H13FN4O2S/c1-2-5-14-7-11-15-16-12(20-11)9-4-3-8(13)6-10(9)17(18)19/h3-4,6,14H,2,5,7H2,1H3. The summed E-state index contributed by atoms with van der Waals surface area (Å²) in [4.78, 5) is 10.3. The maximum atomic E-state index is 13.1. The highest BCUT2D eigenvalue weighted by molar-refractivity contribution is 7.14. The van der Waals surface area contributed by atoms with E-state index in [4.69, 9.17) is 0 Å². The summed E-state index contributed by atoms with van der Waals surface area (Å²) in [5, 5.41) is 23.2. The lowest BCUT2D eigenvalue weighted by Gasteiger charge is -1.99. The predicted octanol–water partition coefficient (Wildman–Crippen LogP) is 2.75. The summed E-state index contributed by atoms with van der Waals surface area (Å²) in [5.74, 6) is -0.644. The lowest BCUT2D eigenvalue weighted by Crippen LogP contribution is -2.13. The van der Waals surface area contributed by atoms with Crippen LogP contribution in [0.3, 0.4) is 0 Å². The molecule has 2 aromatic rings. The van der Waals surface area contributed by atoms with Gasteiger partial charge in [-0.05, 0) is 25.1 Å². The Labute approximate surface area is 118 Å². The van der Waals surface area contributed by atoms with Crippen LogP contribution in [0.25, 0.3) is 10.6 Å². The average molecular weight is 296 g/mol. The second-order valence-electron chi connectivity index (χ2n) is 4.10. The molecule has 1 aromatic carbocycles. The average Bonchev–Trinajstić information content (AvgIpc) is 2.87. The van der Waals surface area contributed by atoms with Crippen LogP contribution in [0.5, 0.6) is 0 Å². The fourth-order valence-electron chi connectivity index (χ4n) is 1.64. The van der Waals surface area contributed by atoms with E-state index in [1.807, 2.05) is 0 Å². The highest BCUT2D eigenvalue weighted by Gasteiger charge is 2.19. The van der Waals surface area contributed by atoms with Crippen LogP contribution in [-0.4, -0.2) is 21.7 Å². The first-order valence-corrected chi connectivity index (χ1v) is 6.91. The molecule has 2 rings (SSSR count). The van der Waals surface area contributed by atoms with Crippen LogP contribution in [-0.2, 0) is 6.54 Å². The zero-order valence-electron chi connectivity index (χ0n) is 10.8. The van der Waals surface area contributed by atoms with Crippen LogP contribution in [0.2, 0.25) is 0 Å². The second kappa shape index (κ2) is 6.49. The Morgan fingerprint density at radius 2 is 2.25 bits per heavy atom. The van der Waals surface area contributed by atoms with E-state index in [1.165, 1.54) is 23.5 Å². The highest BCUT2D eigenvalue weighted by Crippen LogP contribution is 2.32. The van der Waals surface area contributed by atoms with Gasteiger partial charge >= 0.3 is 0 Å². The molecule has 0 bridgehead atoms. The molecule has 0 radical (unpaired) electrons. The number of nitro benzene ring substituents is 1. The minimum Gasteiger partial charge on any atom is -0.310 e. The minimum atomic E-state index is -0.644. The number of nitrogens with one attached hydrogen (secondary N) is 1. The molecule has 0 unspecified atom stereocenters. The Hall–Kier alpha value is -1.93. The molecule has 20 heavy (non-hydrogen) atoms. The van der Waals surface area contributed by atoms with E-state index < -0.39 is 10.7 Å². The van der Waals surface area contributed by atoms with E-state index >= 15 is 0 Å².